The van der Waals surface area contributed by atoms with E-state index in [1.165, 1.54) is 12.1 Å². The molecule has 2 aromatic carbocycles. The van der Waals surface area contributed by atoms with Crippen LogP contribution in [-0.4, -0.2) is 38.4 Å². The van der Waals surface area contributed by atoms with Gasteiger partial charge in [0.25, 0.3) is 5.91 Å². The number of aromatic hydroxyl groups is 1. The number of rotatable bonds is 3. The van der Waals surface area contributed by atoms with Gasteiger partial charge in [-0.05, 0) is 53.5 Å². The number of hydrogen-bond donors (Lipinski definition) is 5. The number of hydrogen-bond acceptors (Lipinski definition) is 7. The predicted octanol–water partition coefficient (Wildman–Crippen LogP) is 1.82. The molecular formula is C26H24N2O6. The average Bonchev–Trinajstić information content (AvgIpc) is 2.81. The van der Waals surface area contributed by atoms with Gasteiger partial charge < -0.3 is 26.8 Å². The van der Waals surface area contributed by atoms with Gasteiger partial charge in [-0.1, -0.05) is 36.4 Å². The lowest BCUT2D eigenvalue weighted by Crippen LogP contribution is -2.56. The molecule has 7 N–H and O–H groups in total. The number of carbonyl (C=O) groups is 3. The van der Waals surface area contributed by atoms with Gasteiger partial charge >= 0.3 is 0 Å². The summed E-state index contributed by atoms with van der Waals surface area (Å²) in [5.41, 5.74) is 11.3. The number of primary amides is 1. The molecular weight excluding hydrogens is 436 g/mol. The number of phenolic OH excluding ortho intramolecular Hbond substituents is 1. The normalized spacial score (nSPS) is 25.9. The molecule has 0 spiro atoms. The summed E-state index contributed by atoms with van der Waals surface area (Å²) >= 11 is 0. The minimum Gasteiger partial charge on any atom is -0.508 e. The summed E-state index contributed by atoms with van der Waals surface area (Å²) in [6.07, 6.45) is 2.12. The van der Waals surface area contributed by atoms with Crippen molar-refractivity contribution in [2.24, 2.45) is 23.3 Å². The lowest BCUT2D eigenvalue weighted by molar-refractivity contribution is -0.142. The van der Waals surface area contributed by atoms with Crippen molar-refractivity contribution < 1.29 is 29.7 Å². The molecule has 2 aromatic rings. The second-order valence-corrected chi connectivity index (χ2v) is 9.13. The molecule has 0 saturated heterocycles. The number of phenols is 1. The molecule has 0 unspecified atom stereocenters. The fraction of sp³-hybridized carbons (Fsp3) is 0.269. The van der Waals surface area contributed by atoms with Crippen LogP contribution in [0.15, 0.2) is 59.4 Å². The Labute approximate surface area is 195 Å². The Kier molecular flexibility index (Phi) is 4.96. The van der Waals surface area contributed by atoms with Gasteiger partial charge in [0.15, 0.2) is 11.4 Å². The Hall–Kier alpha value is -3.75. The molecule has 8 nitrogen and oxygen atoms in total. The molecule has 0 aromatic heterocycles. The van der Waals surface area contributed by atoms with Gasteiger partial charge in [-0.3, -0.25) is 14.4 Å². The third-order valence-electron chi connectivity index (χ3n) is 7.36. The number of Topliss-reactive ketones (excluding diaryl/α,β-unsaturated/α-hetero) is 2. The third kappa shape index (κ3) is 2.96. The van der Waals surface area contributed by atoms with Crippen LogP contribution in [0.25, 0.3) is 11.1 Å². The smallest absolute Gasteiger partial charge is 0.252 e. The monoisotopic (exact) mass is 460 g/mol. The highest BCUT2D eigenvalue weighted by molar-refractivity contribution is 6.24. The Morgan fingerprint density at radius 1 is 1.09 bits per heavy atom. The van der Waals surface area contributed by atoms with Crippen LogP contribution < -0.4 is 11.5 Å². The SMILES string of the molecule is NCc1ccc(-c2ccc(O)c3c2C[C@H]2C[C@H]4CC=C(C(N)=O)C(=O)[C@@]4(O)C(O)=C2C3=O)cc1. The molecule has 0 saturated carbocycles. The zero-order valence-corrected chi connectivity index (χ0v) is 18.2. The van der Waals surface area contributed by atoms with Crippen LogP contribution in [0.4, 0.5) is 0 Å². The molecule has 0 radical (unpaired) electrons. The van der Waals surface area contributed by atoms with Crippen molar-refractivity contribution in [3.05, 3.63) is 76.1 Å². The number of allylic oxidation sites excluding steroid dienone is 2. The van der Waals surface area contributed by atoms with Gasteiger partial charge in [-0.15, -0.1) is 0 Å². The van der Waals surface area contributed by atoms with E-state index < -0.39 is 40.7 Å². The number of nitrogens with two attached hydrogens (primary N) is 2. The number of aliphatic hydroxyl groups excluding tert-OH is 1. The topological polar surface area (TPSA) is 164 Å². The predicted molar refractivity (Wildman–Crippen MR) is 123 cm³/mol. The van der Waals surface area contributed by atoms with E-state index in [0.717, 1.165) is 16.7 Å². The van der Waals surface area contributed by atoms with Gasteiger partial charge in [0.2, 0.25) is 5.78 Å². The van der Waals surface area contributed by atoms with Gasteiger partial charge in [-0.2, -0.15) is 0 Å². The summed E-state index contributed by atoms with van der Waals surface area (Å²) in [5.74, 6) is -4.82. The van der Waals surface area contributed by atoms with E-state index in [2.05, 4.69) is 0 Å². The Morgan fingerprint density at radius 2 is 1.79 bits per heavy atom. The van der Waals surface area contributed by atoms with Gasteiger partial charge in [0.05, 0.1) is 11.1 Å². The Bertz CT molecular complexity index is 1320. The van der Waals surface area contributed by atoms with Crippen LogP contribution >= 0.6 is 0 Å². The number of aliphatic hydroxyl groups is 2. The number of fused-ring (bicyclic) bond motifs is 3. The Morgan fingerprint density at radius 3 is 2.44 bits per heavy atom. The molecule has 174 valence electrons. The third-order valence-corrected chi connectivity index (χ3v) is 7.36. The van der Waals surface area contributed by atoms with E-state index in [1.807, 2.05) is 24.3 Å². The minimum absolute atomic E-state index is 0.0363. The number of ketones is 2. The standard InChI is InChI=1S/C26H24N2O6/c27-11-12-1-3-13(4-2-12)16-7-8-19(29)21-18(16)10-14-9-15-5-6-17(25(28)33)23(31)26(15,34)24(32)20(14)22(21)30/h1-4,6-8,14-15,29,32,34H,5,9-11,27H2,(H2,28,33)/t14-,15-,26-/m1/s1. The zero-order valence-electron chi connectivity index (χ0n) is 18.2. The molecule has 8 heteroatoms. The zero-order chi connectivity index (χ0) is 24.4. The molecule has 34 heavy (non-hydrogen) atoms. The van der Waals surface area contributed by atoms with E-state index in [-0.39, 0.29) is 35.3 Å². The van der Waals surface area contributed by atoms with E-state index in [1.54, 1.807) is 6.07 Å². The van der Waals surface area contributed by atoms with Crippen molar-refractivity contribution in [2.45, 2.75) is 31.4 Å². The lowest BCUT2D eigenvalue weighted by atomic mass is 9.60. The summed E-state index contributed by atoms with van der Waals surface area (Å²) in [6, 6.07) is 10.8. The van der Waals surface area contributed by atoms with Crippen molar-refractivity contribution in [2.75, 3.05) is 0 Å². The number of benzene rings is 2. The van der Waals surface area contributed by atoms with Gasteiger partial charge in [0, 0.05) is 18.0 Å². The van der Waals surface area contributed by atoms with Crippen LogP contribution in [-0.2, 0) is 22.6 Å². The molecule has 0 heterocycles. The summed E-state index contributed by atoms with van der Waals surface area (Å²) in [6.45, 7) is 0.400. The van der Waals surface area contributed by atoms with Gasteiger partial charge in [-0.25, -0.2) is 0 Å². The van der Waals surface area contributed by atoms with E-state index in [9.17, 15) is 29.7 Å². The quantitative estimate of drug-likeness (QED) is 0.436. The number of amides is 1. The highest BCUT2D eigenvalue weighted by atomic mass is 16.3. The molecule has 3 aliphatic carbocycles. The summed E-state index contributed by atoms with van der Waals surface area (Å²) in [7, 11) is 0. The highest BCUT2D eigenvalue weighted by Gasteiger charge is 2.58. The van der Waals surface area contributed by atoms with Crippen LogP contribution in [0, 0.1) is 11.8 Å². The van der Waals surface area contributed by atoms with Crippen molar-refractivity contribution in [3.8, 4) is 16.9 Å². The van der Waals surface area contributed by atoms with Crippen LogP contribution in [0.1, 0.15) is 34.3 Å². The first kappa shape index (κ1) is 22.1. The minimum atomic E-state index is -2.40. The summed E-state index contributed by atoms with van der Waals surface area (Å²) in [4.78, 5) is 38.2. The van der Waals surface area contributed by atoms with E-state index >= 15 is 0 Å². The maximum absolute atomic E-state index is 13.6. The molecule has 3 aliphatic rings. The molecule has 0 bridgehead atoms. The molecule has 0 fully saturated rings. The fourth-order valence-electron chi connectivity index (χ4n) is 5.61. The summed E-state index contributed by atoms with van der Waals surface area (Å²) in [5, 5.41) is 32.9. The second-order valence-electron chi connectivity index (χ2n) is 9.13. The lowest BCUT2D eigenvalue weighted by Gasteiger charge is -2.45. The molecule has 0 aliphatic heterocycles. The molecule has 5 rings (SSSR count). The first-order chi connectivity index (χ1) is 16.2. The second kappa shape index (κ2) is 7.65. The first-order valence-electron chi connectivity index (χ1n) is 11.1. The Balaban J connectivity index is 1.65. The average molecular weight is 460 g/mol. The maximum Gasteiger partial charge on any atom is 0.252 e. The molecule has 3 atom stereocenters. The van der Waals surface area contributed by atoms with E-state index in [4.69, 9.17) is 11.5 Å². The molecule has 1 amide bonds. The van der Waals surface area contributed by atoms with Crippen molar-refractivity contribution in [3.63, 3.8) is 0 Å². The first-order valence-corrected chi connectivity index (χ1v) is 11.1. The fourth-order valence-corrected chi connectivity index (χ4v) is 5.61. The van der Waals surface area contributed by atoms with Crippen molar-refractivity contribution >= 4 is 17.5 Å². The van der Waals surface area contributed by atoms with E-state index in [0.29, 0.717) is 18.5 Å². The maximum atomic E-state index is 13.6. The number of carbonyl (C=O) groups excluding carboxylic acids is 3. The van der Waals surface area contributed by atoms with Crippen molar-refractivity contribution in [1.82, 2.24) is 0 Å². The summed E-state index contributed by atoms with van der Waals surface area (Å²) < 4.78 is 0. The van der Waals surface area contributed by atoms with Gasteiger partial charge in [0.1, 0.15) is 11.5 Å². The largest absolute Gasteiger partial charge is 0.508 e. The highest BCUT2D eigenvalue weighted by Crippen LogP contribution is 2.51. The van der Waals surface area contributed by atoms with Crippen molar-refractivity contribution in [1.29, 1.82) is 0 Å². The van der Waals surface area contributed by atoms with Crippen LogP contribution in [0.3, 0.4) is 0 Å². The van der Waals surface area contributed by atoms with Crippen LogP contribution in [0.5, 0.6) is 5.75 Å². The van der Waals surface area contributed by atoms with Crippen LogP contribution in [0.2, 0.25) is 0 Å².